The number of pyridine rings is 2. The number of rotatable bonds is 2. The van der Waals surface area contributed by atoms with E-state index in [2.05, 4.69) is 21.0 Å². The molecule has 7 nitrogen and oxygen atoms in total. The first-order valence-electron chi connectivity index (χ1n) is 9.81. The van der Waals surface area contributed by atoms with E-state index in [0.29, 0.717) is 25.3 Å². The first kappa shape index (κ1) is 17.7. The fourth-order valence-corrected chi connectivity index (χ4v) is 4.49. The van der Waals surface area contributed by atoms with Crippen LogP contribution >= 0.6 is 0 Å². The Labute approximate surface area is 168 Å². The van der Waals surface area contributed by atoms with Crippen LogP contribution in [0.15, 0.2) is 53.8 Å². The van der Waals surface area contributed by atoms with Crippen LogP contribution in [0.25, 0.3) is 11.1 Å². The predicted octanol–water partition coefficient (Wildman–Crippen LogP) is 2.27. The van der Waals surface area contributed by atoms with Crippen LogP contribution in [0, 0.1) is 12.8 Å². The van der Waals surface area contributed by atoms with Crippen LogP contribution in [0.5, 0.6) is 0 Å². The molecule has 2 aliphatic rings. The molecule has 0 radical (unpaired) electrons. The zero-order chi connectivity index (χ0) is 20.0. The standard InChI is InChI=1S/C22H21N5O2/c1-14-8-25-19(10-24-14)22(29)26-11-15-5-18(13-26)20-6-17(7-21(28)27(20)12-15)16-3-2-4-23-9-16/h2-4,6-10,15,18H,5,11-13H2,1H3/t15-,18+/m0/s1. The van der Waals surface area contributed by atoms with Gasteiger partial charge in [0.15, 0.2) is 0 Å². The number of hydrogen-bond donors (Lipinski definition) is 0. The molecule has 0 aliphatic carbocycles. The van der Waals surface area contributed by atoms with Crippen molar-refractivity contribution >= 4 is 5.91 Å². The lowest BCUT2D eigenvalue weighted by Gasteiger charge is -2.42. The second-order valence-corrected chi connectivity index (χ2v) is 7.91. The Morgan fingerprint density at radius 2 is 1.97 bits per heavy atom. The third-order valence-electron chi connectivity index (χ3n) is 5.84. The highest BCUT2D eigenvalue weighted by Gasteiger charge is 2.37. The maximum Gasteiger partial charge on any atom is 0.274 e. The molecule has 146 valence electrons. The second-order valence-electron chi connectivity index (χ2n) is 7.91. The van der Waals surface area contributed by atoms with Gasteiger partial charge in [-0.05, 0) is 37.0 Å². The normalized spacial score (nSPS) is 20.2. The fourth-order valence-electron chi connectivity index (χ4n) is 4.49. The van der Waals surface area contributed by atoms with E-state index in [0.717, 1.165) is 28.9 Å². The minimum absolute atomic E-state index is 0.0141. The maximum atomic E-state index is 13.0. The Morgan fingerprint density at radius 3 is 2.72 bits per heavy atom. The van der Waals surface area contributed by atoms with Crippen LogP contribution < -0.4 is 5.56 Å². The van der Waals surface area contributed by atoms with Gasteiger partial charge in [-0.2, -0.15) is 0 Å². The average molecular weight is 387 g/mol. The summed E-state index contributed by atoms with van der Waals surface area (Å²) in [4.78, 5) is 40.2. The average Bonchev–Trinajstić information content (AvgIpc) is 2.75. The number of aryl methyl sites for hydroxylation is 1. The van der Waals surface area contributed by atoms with E-state index in [9.17, 15) is 9.59 Å². The zero-order valence-corrected chi connectivity index (χ0v) is 16.2. The highest BCUT2D eigenvalue weighted by molar-refractivity contribution is 5.92. The van der Waals surface area contributed by atoms with Crippen molar-refractivity contribution in [3.05, 3.63) is 76.5 Å². The summed E-state index contributed by atoms with van der Waals surface area (Å²) >= 11 is 0. The second kappa shape index (κ2) is 6.92. The summed E-state index contributed by atoms with van der Waals surface area (Å²) in [6, 6.07) is 7.59. The van der Waals surface area contributed by atoms with E-state index in [1.165, 1.54) is 0 Å². The van der Waals surface area contributed by atoms with Gasteiger partial charge in [-0.25, -0.2) is 4.98 Å². The molecule has 1 saturated heterocycles. The predicted molar refractivity (Wildman–Crippen MR) is 107 cm³/mol. The number of likely N-dealkylation sites (tertiary alicyclic amines) is 1. The SMILES string of the molecule is Cc1cnc(C(=O)N2C[C@@H]3C[C@H](C2)c2cc(-c4cccnc4)cc(=O)n2C3)cn1. The summed E-state index contributed by atoms with van der Waals surface area (Å²) in [7, 11) is 0. The van der Waals surface area contributed by atoms with Crippen LogP contribution in [-0.4, -0.2) is 43.4 Å². The van der Waals surface area contributed by atoms with Gasteiger partial charge in [0.05, 0.1) is 11.9 Å². The lowest BCUT2D eigenvalue weighted by Crippen LogP contribution is -2.49. The van der Waals surface area contributed by atoms with Crippen LogP contribution in [0.1, 0.15) is 34.2 Å². The highest BCUT2D eigenvalue weighted by Crippen LogP contribution is 2.36. The summed E-state index contributed by atoms with van der Waals surface area (Å²) in [5.41, 5.74) is 3.97. The Balaban J connectivity index is 1.48. The van der Waals surface area contributed by atoms with Crippen LogP contribution in [0.3, 0.4) is 0 Å². The van der Waals surface area contributed by atoms with Crippen LogP contribution in [-0.2, 0) is 6.54 Å². The third-order valence-corrected chi connectivity index (χ3v) is 5.84. The largest absolute Gasteiger partial charge is 0.336 e. The molecule has 2 aliphatic heterocycles. The van der Waals surface area contributed by atoms with E-state index in [-0.39, 0.29) is 23.3 Å². The van der Waals surface area contributed by atoms with E-state index >= 15 is 0 Å². The van der Waals surface area contributed by atoms with Crippen molar-refractivity contribution in [2.75, 3.05) is 13.1 Å². The molecule has 5 rings (SSSR count). The van der Waals surface area contributed by atoms with Gasteiger partial charge in [-0.3, -0.25) is 19.6 Å². The monoisotopic (exact) mass is 387 g/mol. The number of carbonyl (C=O) groups excluding carboxylic acids is 1. The van der Waals surface area contributed by atoms with Crippen molar-refractivity contribution in [1.82, 2.24) is 24.4 Å². The molecular formula is C22H21N5O2. The Hall–Kier alpha value is -3.35. The molecule has 0 unspecified atom stereocenters. The molecule has 3 aromatic heterocycles. The molecule has 2 atom stereocenters. The number of fused-ring (bicyclic) bond motifs is 4. The van der Waals surface area contributed by atoms with Gasteiger partial charge in [0.1, 0.15) is 5.69 Å². The van der Waals surface area contributed by atoms with E-state index in [1.807, 2.05) is 28.5 Å². The molecule has 0 aromatic carbocycles. The van der Waals surface area contributed by atoms with Crippen molar-refractivity contribution in [2.24, 2.45) is 5.92 Å². The lowest BCUT2D eigenvalue weighted by molar-refractivity contribution is 0.0588. The molecular weight excluding hydrogens is 366 g/mol. The summed E-state index contributed by atoms with van der Waals surface area (Å²) in [6.07, 6.45) is 7.63. The third kappa shape index (κ3) is 3.22. The fraction of sp³-hybridized carbons (Fsp3) is 0.318. The number of piperidine rings is 1. The maximum absolute atomic E-state index is 13.0. The number of nitrogens with zero attached hydrogens (tertiary/aromatic N) is 5. The minimum atomic E-state index is -0.0913. The molecule has 29 heavy (non-hydrogen) atoms. The van der Waals surface area contributed by atoms with Gasteiger partial charge < -0.3 is 9.47 Å². The summed E-state index contributed by atoms with van der Waals surface area (Å²) < 4.78 is 1.88. The Bertz CT molecular complexity index is 1120. The van der Waals surface area contributed by atoms with Crippen molar-refractivity contribution in [2.45, 2.75) is 25.8 Å². The molecule has 7 heteroatoms. The summed E-state index contributed by atoms with van der Waals surface area (Å²) in [5.74, 6) is 0.311. The number of amides is 1. The quantitative estimate of drug-likeness (QED) is 0.674. The molecule has 0 spiro atoms. The van der Waals surface area contributed by atoms with Crippen molar-refractivity contribution < 1.29 is 4.79 Å². The molecule has 3 aromatic rings. The molecule has 1 fully saturated rings. The van der Waals surface area contributed by atoms with E-state index < -0.39 is 0 Å². The first-order valence-corrected chi connectivity index (χ1v) is 9.81. The van der Waals surface area contributed by atoms with Crippen LogP contribution in [0.4, 0.5) is 0 Å². The van der Waals surface area contributed by atoms with E-state index in [1.54, 1.807) is 30.9 Å². The smallest absolute Gasteiger partial charge is 0.274 e. The Morgan fingerprint density at radius 1 is 1.07 bits per heavy atom. The minimum Gasteiger partial charge on any atom is -0.336 e. The lowest BCUT2D eigenvalue weighted by atomic mass is 9.82. The molecule has 0 N–H and O–H groups in total. The van der Waals surface area contributed by atoms with Crippen LogP contribution in [0.2, 0.25) is 0 Å². The summed E-state index contributed by atoms with van der Waals surface area (Å²) in [5, 5.41) is 0. The molecule has 0 saturated carbocycles. The summed E-state index contributed by atoms with van der Waals surface area (Å²) in [6.45, 7) is 3.71. The number of aromatic nitrogens is 4. The van der Waals surface area contributed by atoms with Gasteiger partial charge in [0.25, 0.3) is 11.5 Å². The topological polar surface area (TPSA) is 81.0 Å². The number of hydrogen-bond acceptors (Lipinski definition) is 5. The zero-order valence-electron chi connectivity index (χ0n) is 16.2. The van der Waals surface area contributed by atoms with Crippen molar-refractivity contribution in [3.8, 4) is 11.1 Å². The molecule has 5 heterocycles. The van der Waals surface area contributed by atoms with Gasteiger partial charge in [-0.15, -0.1) is 0 Å². The molecule has 2 bridgehead atoms. The van der Waals surface area contributed by atoms with Gasteiger partial charge in [-0.1, -0.05) is 6.07 Å². The van der Waals surface area contributed by atoms with Crippen molar-refractivity contribution in [3.63, 3.8) is 0 Å². The van der Waals surface area contributed by atoms with Gasteiger partial charge >= 0.3 is 0 Å². The van der Waals surface area contributed by atoms with E-state index in [4.69, 9.17) is 0 Å². The van der Waals surface area contributed by atoms with Gasteiger partial charge in [0.2, 0.25) is 0 Å². The van der Waals surface area contributed by atoms with Crippen molar-refractivity contribution in [1.29, 1.82) is 0 Å². The highest BCUT2D eigenvalue weighted by atomic mass is 16.2. The number of carbonyl (C=O) groups is 1. The van der Waals surface area contributed by atoms with Gasteiger partial charge in [0, 0.05) is 61.5 Å². The Kier molecular flexibility index (Phi) is 4.23. The first-order chi connectivity index (χ1) is 14.1. The molecule has 1 amide bonds.